The third kappa shape index (κ3) is 3.12. The minimum atomic E-state index is -0.965. The van der Waals surface area contributed by atoms with E-state index in [1.807, 2.05) is 42.1 Å². The second kappa shape index (κ2) is 5.97. The number of carbonyl (C=O) groups is 1. The average Bonchev–Trinajstić information content (AvgIpc) is 2.87. The molecular weight excluding hydrogens is 256 g/mol. The molecule has 1 aromatic rings. The zero-order valence-corrected chi connectivity index (χ0v) is 12.4. The summed E-state index contributed by atoms with van der Waals surface area (Å²) in [5.74, 6) is -0.0790. The maximum absolute atomic E-state index is 12.4. The number of benzene rings is 1. The molecule has 3 unspecified atom stereocenters. The van der Waals surface area contributed by atoms with E-state index in [-0.39, 0.29) is 11.9 Å². The van der Waals surface area contributed by atoms with Crippen molar-refractivity contribution in [2.45, 2.75) is 43.0 Å². The van der Waals surface area contributed by atoms with Gasteiger partial charge in [-0.25, -0.2) is 0 Å². The van der Waals surface area contributed by atoms with Crippen LogP contribution in [0.3, 0.4) is 0 Å². The molecule has 19 heavy (non-hydrogen) atoms. The first-order valence-corrected chi connectivity index (χ1v) is 8.02. The van der Waals surface area contributed by atoms with Crippen molar-refractivity contribution >= 4 is 17.7 Å². The van der Waals surface area contributed by atoms with Crippen LogP contribution in [0.2, 0.25) is 0 Å². The van der Waals surface area contributed by atoms with Gasteiger partial charge in [-0.05, 0) is 31.6 Å². The first kappa shape index (κ1) is 14.4. The Morgan fingerprint density at radius 1 is 1.37 bits per heavy atom. The molecule has 0 aliphatic heterocycles. The van der Waals surface area contributed by atoms with Crippen LogP contribution in [0.15, 0.2) is 30.3 Å². The molecule has 1 saturated carbocycles. The fourth-order valence-electron chi connectivity index (χ4n) is 2.61. The van der Waals surface area contributed by atoms with E-state index in [1.165, 1.54) is 12.8 Å². The molecule has 3 nitrogen and oxygen atoms in total. The third-order valence-electron chi connectivity index (χ3n) is 3.92. The highest BCUT2D eigenvalue weighted by Crippen LogP contribution is 2.29. The molecule has 2 rings (SSSR count). The molecule has 104 valence electrons. The lowest BCUT2D eigenvalue weighted by Crippen LogP contribution is -2.53. The minimum absolute atomic E-state index is 0.0790. The Morgan fingerprint density at radius 3 is 2.68 bits per heavy atom. The number of amides is 1. The third-order valence-corrected chi connectivity index (χ3v) is 5.09. The van der Waals surface area contributed by atoms with Crippen LogP contribution < -0.4 is 11.1 Å². The van der Waals surface area contributed by atoms with Gasteiger partial charge in [0, 0.05) is 11.3 Å². The average molecular weight is 278 g/mol. The molecule has 0 radical (unpaired) electrons. The topological polar surface area (TPSA) is 55.1 Å². The van der Waals surface area contributed by atoms with Crippen LogP contribution in [0.5, 0.6) is 0 Å². The van der Waals surface area contributed by atoms with E-state index < -0.39 is 5.54 Å². The first-order valence-electron chi connectivity index (χ1n) is 6.74. The maximum Gasteiger partial charge on any atom is 0.244 e. The van der Waals surface area contributed by atoms with Crippen molar-refractivity contribution in [3.8, 4) is 0 Å². The number of nitrogens with one attached hydrogen (secondary N) is 1. The van der Waals surface area contributed by atoms with Crippen molar-refractivity contribution in [1.29, 1.82) is 0 Å². The van der Waals surface area contributed by atoms with Gasteiger partial charge in [-0.15, -0.1) is 0 Å². The number of carbonyl (C=O) groups excluding carboxylic acids is 1. The molecule has 1 aliphatic rings. The Balaban J connectivity index is 2.07. The molecular formula is C15H22N2OS. The number of rotatable bonds is 4. The molecule has 1 amide bonds. The van der Waals surface area contributed by atoms with Crippen LogP contribution in [0.4, 0.5) is 0 Å². The van der Waals surface area contributed by atoms with E-state index in [4.69, 9.17) is 5.73 Å². The van der Waals surface area contributed by atoms with E-state index in [1.54, 1.807) is 6.92 Å². The summed E-state index contributed by atoms with van der Waals surface area (Å²) in [6.45, 7) is 1.78. The zero-order valence-electron chi connectivity index (χ0n) is 11.6. The molecule has 0 aromatic heterocycles. The van der Waals surface area contributed by atoms with Crippen molar-refractivity contribution in [2.24, 2.45) is 5.73 Å². The lowest BCUT2D eigenvalue weighted by molar-refractivity contribution is -0.126. The highest BCUT2D eigenvalue weighted by molar-refractivity contribution is 7.99. The van der Waals surface area contributed by atoms with Crippen LogP contribution in [0.1, 0.15) is 31.7 Å². The van der Waals surface area contributed by atoms with Crippen molar-refractivity contribution in [3.05, 3.63) is 35.9 Å². The summed E-state index contributed by atoms with van der Waals surface area (Å²) in [5, 5.41) is 3.66. The quantitative estimate of drug-likeness (QED) is 0.888. The van der Waals surface area contributed by atoms with Gasteiger partial charge in [0.25, 0.3) is 0 Å². The van der Waals surface area contributed by atoms with Gasteiger partial charge in [0.1, 0.15) is 5.54 Å². The molecule has 1 fully saturated rings. The molecule has 1 aliphatic carbocycles. The van der Waals surface area contributed by atoms with Crippen LogP contribution in [-0.2, 0) is 10.3 Å². The molecule has 0 heterocycles. The SMILES string of the molecule is CSC1CCCC1NC(=O)C(C)(N)c1ccccc1. The van der Waals surface area contributed by atoms with Crippen molar-refractivity contribution in [2.75, 3.05) is 6.26 Å². The Labute approximate surface area is 119 Å². The Bertz CT molecular complexity index is 433. The zero-order chi connectivity index (χ0) is 13.9. The summed E-state index contributed by atoms with van der Waals surface area (Å²) in [5.41, 5.74) is 6.12. The summed E-state index contributed by atoms with van der Waals surface area (Å²) in [4.78, 5) is 12.4. The molecule has 4 heteroatoms. The molecule has 3 N–H and O–H groups in total. The van der Waals surface area contributed by atoms with Gasteiger partial charge in [-0.1, -0.05) is 36.8 Å². The normalized spacial score (nSPS) is 25.8. The van der Waals surface area contributed by atoms with Crippen molar-refractivity contribution in [3.63, 3.8) is 0 Å². The number of hydrogen-bond acceptors (Lipinski definition) is 3. The number of nitrogens with two attached hydrogens (primary N) is 1. The summed E-state index contributed by atoms with van der Waals surface area (Å²) < 4.78 is 0. The van der Waals surface area contributed by atoms with Crippen LogP contribution in [0, 0.1) is 0 Å². The van der Waals surface area contributed by atoms with E-state index in [2.05, 4.69) is 11.6 Å². The van der Waals surface area contributed by atoms with E-state index >= 15 is 0 Å². The second-order valence-electron chi connectivity index (χ2n) is 5.35. The molecule has 3 atom stereocenters. The first-order chi connectivity index (χ1) is 9.05. The Hall–Kier alpha value is -1.00. The van der Waals surface area contributed by atoms with Crippen molar-refractivity contribution < 1.29 is 4.79 Å². The summed E-state index contributed by atoms with van der Waals surface area (Å²) in [6, 6.07) is 9.81. The van der Waals surface area contributed by atoms with Gasteiger partial charge in [0.2, 0.25) is 5.91 Å². The van der Waals surface area contributed by atoms with E-state index in [0.29, 0.717) is 5.25 Å². The molecule has 0 bridgehead atoms. The minimum Gasteiger partial charge on any atom is -0.350 e. The van der Waals surface area contributed by atoms with Gasteiger partial charge in [0.15, 0.2) is 0 Å². The molecule has 1 aromatic carbocycles. The standard InChI is InChI=1S/C15H22N2OS/c1-15(16,11-7-4-3-5-8-11)14(18)17-12-9-6-10-13(12)19-2/h3-5,7-8,12-13H,6,9-10,16H2,1-2H3,(H,17,18). The number of hydrogen-bond donors (Lipinski definition) is 2. The molecule has 0 saturated heterocycles. The Kier molecular flexibility index (Phi) is 4.53. The van der Waals surface area contributed by atoms with Gasteiger partial charge >= 0.3 is 0 Å². The highest BCUT2D eigenvalue weighted by Gasteiger charge is 2.35. The fourth-order valence-corrected chi connectivity index (χ4v) is 3.54. The predicted molar refractivity (Wildman–Crippen MR) is 81.1 cm³/mol. The maximum atomic E-state index is 12.4. The van der Waals surface area contributed by atoms with Crippen LogP contribution in [-0.4, -0.2) is 23.5 Å². The fraction of sp³-hybridized carbons (Fsp3) is 0.533. The summed E-state index contributed by atoms with van der Waals surface area (Å²) >= 11 is 1.83. The van der Waals surface area contributed by atoms with Crippen LogP contribution >= 0.6 is 11.8 Å². The predicted octanol–water partition coefficient (Wildman–Crippen LogP) is 2.26. The highest BCUT2D eigenvalue weighted by atomic mass is 32.2. The van der Waals surface area contributed by atoms with Gasteiger partial charge in [-0.3, -0.25) is 4.79 Å². The van der Waals surface area contributed by atoms with Gasteiger partial charge in [0.05, 0.1) is 0 Å². The largest absolute Gasteiger partial charge is 0.350 e. The lowest BCUT2D eigenvalue weighted by atomic mass is 9.92. The second-order valence-corrected chi connectivity index (χ2v) is 6.43. The Morgan fingerprint density at radius 2 is 2.05 bits per heavy atom. The van der Waals surface area contributed by atoms with E-state index in [0.717, 1.165) is 12.0 Å². The smallest absolute Gasteiger partial charge is 0.244 e. The van der Waals surface area contributed by atoms with Gasteiger partial charge in [-0.2, -0.15) is 11.8 Å². The molecule has 0 spiro atoms. The van der Waals surface area contributed by atoms with Crippen molar-refractivity contribution in [1.82, 2.24) is 5.32 Å². The lowest BCUT2D eigenvalue weighted by Gasteiger charge is -2.28. The van der Waals surface area contributed by atoms with Gasteiger partial charge < -0.3 is 11.1 Å². The van der Waals surface area contributed by atoms with E-state index in [9.17, 15) is 4.79 Å². The monoisotopic (exact) mass is 278 g/mol. The number of thioether (sulfide) groups is 1. The van der Waals surface area contributed by atoms with Crippen LogP contribution in [0.25, 0.3) is 0 Å². The summed E-state index contributed by atoms with van der Waals surface area (Å²) in [6.07, 6.45) is 5.53. The summed E-state index contributed by atoms with van der Waals surface area (Å²) in [7, 11) is 0.